The number of hydrogen-bond donors (Lipinski definition) is 1. The summed E-state index contributed by atoms with van der Waals surface area (Å²) in [5, 5.41) is 4.72. The standard InChI is InChI=1S/C21H14Br3ClN2O2/c22-17-4-2-1-3-16(17)21(28)27-26-11-14-9-18(23)20(19(24)10-14)29-12-13-5-7-15(25)8-6-13/h1-11H,12H2,(H,27,28)/b26-11-. The molecule has 1 N–H and O–H groups in total. The van der Waals surface area contributed by atoms with Gasteiger partial charge in [0.1, 0.15) is 12.4 Å². The van der Waals surface area contributed by atoms with Gasteiger partial charge in [-0.15, -0.1) is 0 Å². The number of carbonyl (C=O) groups excluding carboxylic acids is 1. The Bertz CT molecular complexity index is 1030. The van der Waals surface area contributed by atoms with Crippen molar-refractivity contribution in [2.75, 3.05) is 0 Å². The molecule has 29 heavy (non-hydrogen) atoms. The average molecular weight is 602 g/mol. The number of rotatable bonds is 6. The fraction of sp³-hybridized carbons (Fsp3) is 0.0476. The first-order valence-corrected chi connectivity index (χ1v) is 11.1. The molecule has 1 amide bonds. The largest absolute Gasteiger partial charge is 0.487 e. The molecule has 0 spiro atoms. The molecule has 0 saturated heterocycles. The molecular formula is C21H14Br3ClN2O2. The Morgan fingerprint density at radius 3 is 2.31 bits per heavy atom. The first-order chi connectivity index (χ1) is 13.9. The maximum absolute atomic E-state index is 12.2. The lowest BCUT2D eigenvalue weighted by atomic mass is 10.2. The first-order valence-electron chi connectivity index (χ1n) is 8.38. The summed E-state index contributed by atoms with van der Waals surface area (Å²) in [5.41, 5.74) is 4.83. The molecule has 0 saturated carbocycles. The summed E-state index contributed by atoms with van der Waals surface area (Å²) >= 11 is 16.3. The molecule has 3 aromatic carbocycles. The molecule has 0 fully saturated rings. The van der Waals surface area contributed by atoms with E-state index in [-0.39, 0.29) is 5.91 Å². The zero-order valence-electron chi connectivity index (χ0n) is 14.8. The number of benzene rings is 3. The van der Waals surface area contributed by atoms with Gasteiger partial charge >= 0.3 is 0 Å². The Morgan fingerprint density at radius 2 is 1.66 bits per heavy atom. The number of hydrazone groups is 1. The van der Waals surface area contributed by atoms with Crippen LogP contribution in [-0.2, 0) is 6.61 Å². The van der Waals surface area contributed by atoms with Crippen LogP contribution in [0.3, 0.4) is 0 Å². The van der Waals surface area contributed by atoms with E-state index < -0.39 is 0 Å². The Kier molecular flexibility index (Phi) is 7.89. The quantitative estimate of drug-likeness (QED) is 0.245. The van der Waals surface area contributed by atoms with Gasteiger partial charge in [-0.25, -0.2) is 5.43 Å². The highest BCUT2D eigenvalue weighted by Crippen LogP contribution is 2.35. The van der Waals surface area contributed by atoms with E-state index in [2.05, 4.69) is 58.3 Å². The zero-order valence-corrected chi connectivity index (χ0v) is 20.3. The fourth-order valence-corrected chi connectivity index (χ4v) is 4.44. The maximum Gasteiger partial charge on any atom is 0.272 e. The van der Waals surface area contributed by atoms with Crippen molar-refractivity contribution in [3.63, 3.8) is 0 Å². The van der Waals surface area contributed by atoms with Crippen molar-refractivity contribution in [3.8, 4) is 5.75 Å². The van der Waals surface area contributed by atoms with Gasteiger partial charge in [-0.05, 0) is 95.3 Å². The minimum atomic E-state index is -0.297. The molecule has 0 unspecified atom stereocenters. The van der Waals surface area contributed by atoms with E-state index in [9.17, 15) is 4.79 Å². The van der Waals surface area contributed by atoms with E-state index in [0.717, 1.165) is 20.1 Å². The predicted molar refractivity (Wildman–Crippen MR) is 127 cm³/mol. The summed E-state index contributed by atoms with van der Waals surface area (Å²) in [6.45, 7) is 0.407. The molecule has 0 atom stereocenters. The molecule has 8 heteroatoms. The second-order valence-corrected chi connectivity index (χ2v) is 8.91. The fourth-order valence-electron chi connectivity index (χ4n) is 2.40. The number of nitrogens with zero attached hydrogens (tertiary/aromatic N) is 1. The lowest BCUT2D eigenvalue weighted by Gasteiger charge is -2.11. The van der Waals surface area contributed by atoms with Gasteiger partial charge in [-0.1, -0.05) is 35.9 Å². The van der Waals surface area contributed by atoms with E-state index in [1.54, 1.807) is 24.4 Å². The SMILES string of the molecule is O=C(N/N=C\c1cc(Br)c(OCc2ccc(Cl)cc2)c(Br)c1)c1ccccc1Br. The van der Waals surface area contributed by atoms with Gasteiger partial charge in [0.05, 0.1) is 20.7 Å². The Labute approximate surface area is 198 Å². The van der Waals surface area contributed by atoms with Crippen molar-refractivity contribution >= 4 is 71.5 Å². The summed E-state index contributed by atoms with van der Waals surface area (Å²) < 4.78 is 8.14. The maximum atomic E-state index is 12.2. The normalized spacial score (nSPS) is 10.9. The third-order valence-electron chi connectivity index (χ3n) is 3.82. The minimum Gasteiger partial charge on any atom is -0.487 e. The van der Waals surface area contributed by atoms with Crippen molar-refractivity contribution in [2.24, 2.45) is 5.10 Å². The van der Waals surface area contributed by atoms with Gasteiger partial charge in [0.25, 0.3) is 5.91 Å². The predicted octanol–water partition coefficient (Wildman–Crippen LogP) is 6.97. The Balaban J connectivity index is 1.65. The number of halogens is 4. The van der Waals surface area contributed by atoms with Crippen LogP contribution in [0.15, 0.2) is 79.2 Å². The second-order valence-electron chi connectivity index (χ2n) is 5.91. The highest BCUT2D eigenvalue weighted by molar-refractivity contribution is 9.11. The Hall–Kier alpha value is -1.67. The van der Waals surface area contributed by atoms with E-state index >= 15 is 0 Å². The van der Waals surface area contributed by atoms with E-state index in [1.807, 2.05) is 42.5 Å². The monoisotopic (exact) mass is 598 g/mol. The van der Waals surface area contributed by atoms with Crippen LogP contribution in [0.4, 0.5) is 0 Å². The smallest absolute Gasteiger partial charge is 0.272 e. The van der Waals surface area contributed by atoms with Crippen LogP contribution >= 0.6 is 59.4 Å². The zero-order chi connectivity index (χ0) is 20.8. The molecule has 0 aliphatic rings. The van der Waals surface area contributed by atoms with E-state index in [4.69, 9.17) is 16.3 Å². The van der Waals surface area contributed by atoms with Crippen LogP contribution in [0, 0.1) is 0 Å². The first kappa shape index (κ1) is 22.0. The van der Waals surface area contributed by atoms with Crippen LogP contribution in [0.1, 0.15) is 21.5 Å². The molecule has 0 radical (unpaired) electrons. The van der Waals surface area contributed by atoms with Gasteiger partial charge in [0.2, 0.25) is 0 Å². The number of carbonyl (C=O) groups is 1. The van der Waals surface area contributed by atoms with Crippen LogP contribution in [0.25, 0.3) is 0 Å². The lowest BCUT2D eigenvalue weighted by molar-refractivity contribution is 0.0954. The second kappa shape index (κ2) is 10.4. The van der Waals surface area contributed by atoms with Crippen molar-refractivity contribution < 1.29 is 9.53 Å². The van der Waals surface area contributed by atoms with Crippen LogP contribution < -0.4 is 10.2 Å². The van der Waals surface area contributed by atoms with Gasteiger partial charge in [-0.2, -0.15) is 5.10 Å². The van der Waals surface area contributed by atoms with Crippen molar-refractivity contribution in [2.45, 2.75) is 6.61 Å². The number of amides is 1. The number of hydrogen-bond acceptors (Lipinski definition) is 3. The van der Waals surface area contributed by atoms with Gasteiger partial charge in [0, 0.05) is 9.50 Å². The van der Waals surface area contributed by atoms with Gasteiger partial charge < -0.3 is 4.74 Å². The average Bonchev–Trinajstić information content (AvgIpc) is 2.69. The van der Waals surface area contributed by atoms with E-state index in [0.29, 0.717) is 27.4 Å². The molecule has 0 aliphatic carbocycles. The van der Waals surface area contributed by atoms with Gasteiger partial charge in [-0.3, -0.25) is 4.79 Å². The third-order valence-corrected chi connectivity index (χ3v) is 5.94. The number of nitrogens with one attached hydrogen (secondary N) is 1. The molecule has 3 rings (SSSR count). The Morgan fingerprint density at radius 1 is 1.00 bits per heavy atom. The molecule has 3 aromatic rings. The highest BCUT2D eigenvalue weighted by Gasteiger charge is 2.10. The molecule has 0 aliphatic heterocycles. The van der Waals surface area contributed by atoms with Crippen LogP contribution in [0.5, 0.6) is 5.75 Å². The lowest BCUT2D eigenvalue weighted by Crippen LogP contribution is -2.18. The van der Waals surface area contributed by atoms with Crippen LogP contribution in [0.2, 0.25) is 5.02 Å². The summed E-state index contributed by atoms with van der Waals surface area (Å²) in [4.78, 5) is 12.2. The van der Waals surface area contributed by atoms with Crippen LogP contribution in [-0.4, -0.2) is 12.1 Å². The molecule has 0 aromatic heterocycles. The van der Waals surface area contributed by atoms with Gasteiger partial charge in [0.15, 0.2) is 0 Å². The topological polar surface area (TPSA) is 50.7 Å². The number of ether oxygens (including phenoxy) is 1. The van der Waals surface area contributed by atoms with Crippen molar-refractivity contribution in [1.82, 2.24) is 5.43 Å². The third kappa shape index (κ3) is 6.15. The molecular weight excluding hydrogens is 587 g/mol. The summed E-state index contributed by atoms with van der Waals surface area (Å²) in [6.07, 6.45) is 1.56. The minimum absolute atomic E-state index is 0.297. The molecule has 4 nitrogen and oxygen atoms in total. The summed E-state index contributed by atoms with van der Waals surface area (Å²) in [6, 6.07) is 18.4. The van der Waals surface area contributed by atoms with Crippen molar-refractivity contribution in [3.05, 3.63) is 95.8 Å². The molecule has 148 valence electrons. The van der Waals surface area contributed by atoms with Crippen molar-refractivity contribution in [1.29, 1.82) is 0 Å². The van der Waals surface area contributed by atoms with E-state index in [1.165, 1.54) is 0 Å². The molecule has 0 heterocycles. The summed E-state index contributed by atoms with van der Waals surface area (Å²) in [5.74, 6) is 0.379. The molecule has 0 bridgehead atoms. The summed E-state index contributed by atoms with van der Waals surface area (Å²) in [7, 11) is 0. The highest BCUT2D eigenvalue weighted by atomic mass is 79.9.